The summed E-state index contributed by atoms with van der Waals surface area (Å²) < 4.78 is 0. The van der Waals surface area contributed by atoms with Gasteiger partial charge in [-0.2, -0.15) is 0 Å². The van der Waals surface area contributed by atoms with Crippen LogP contribution in [0.3, 0.4) is 0 Å². The van der Waals surface area contributed by atoms with Gasteiger partial charge in [0.1, 0.15) is 0 Å². The molecule has 0 saturated carbocycles. The summed E-state index contributed by atoms with van der Waals surface area (Å²) in [5.74, 6) is -2.95. The summed E-state index contributed by atoms with van der Waals surface area (Å²) in [6, 6.07) is 3.16. The van der Waals surface area contributed by atoms with Crippen LogP contribution in [-0.2, 0) is 0 Å². The van der Waals surface area contributed by atoms with Crippen LogP contribution in [0.4, 0.5) is 5.69 Å². The van der Waals surface area contributed by atoms with Crippen LogP contribution in [-0.4, -0.2) is 11.9 Å². The molecule has 0 saturated heterocycles. The van der Waals surface area contributed by atoms with E-state index in [0.29, 0.717) is 0 Å². The number of carbonyl (C=O) groups excluding carboxylic acids is 2. The number of hydrogen-bond donors (Lipinski definition) is 1. The van der Waals surface area contributed by atoms with Gasteiger partial charge in [-0.3, -0.25) is 0 Å². The van der Waals surface area contributed by atoms with Crippen LogP contribution >= 0.6 is 0 Å². The molecule has 68 valence electrons. The second-order valence-electron chi connectivity index (χ2n) is 2.42. The zero-order valence-corrected chi connectivity index (χ0v) is 14.7. The van der Waals surface area contributed by atoms with Crippen LogP contribution in [0, 0.1) is 0 Å². The molecule has 7 heteroatoms. The van der Waals surface area contributed by atoms with Gasteiger partial charge in [-0.25, -0.2) is 0 Å². The summed E-state index contributed by atoms with van der Waals surface area (Å²) >= 11 is 0. The Morgan fingerprint density at radius 2 is 1.27 bits per heavy atom. The number of aromatic carboxylic acids is 2. The summed E-state index contributed by atoms with van der Waals surface area (Å²) in [5.41, 5.74) is 4.74. The molecule has 1 aromatic carbocycles. The molecule has 0 bridgehead atoms. The Balaban J connectivity index is 0. The molecule has 0 aromatic heterocycles. The monoisotopic (exact) mass is 257 g/mol. The number of carbonyl (C=O) groups is 2. The van der Waals surface area contributed by atoms with E-state index in [9.17, 15) is 19.8 Å². The van der Waals surface area contributed by atoms with Crippen molar-refractivity contribution < 1.29 is 123 Å². The first-order valence-electron chi connectivity index (χ1n) is 3.34. The second kappa shape index (κ2) is 8.34. The zero-order valence-electron chi connectivity index (χ0n) is 8.44. The Morgan fingerprint density at radius 3 is 1.53 bits per heavy atom. The molecule has 5 nitrogen and oxygen atoms in total. The first-order chi connectivity index (χ1) is 6.00. The molecular weight excluding hydrogens is 252 g/mol. The van der Waals surface area contributed by atoms with Gasteiger partial charge in [0.25, 0.3) is 0 Å². The summed E-state index contributed by atoms with van der Waals surface area (Å²) in [6.45, 7) is 0. The molecule has 1 rings (SSSR count). The average Bonchev–Trinajstić information content (AvgIpc) is 2.03. The fraction of sp³-hybridized carbons (Fsp3) is 0. The van der Waals surface area contributed by atoms with Crippen molar-refractivity contribution >= 4 is 17.6 Å². The first-order valence-corrected chi connectivity index (χ1v) is 3.34. The van der Waals surface area contributed by atoms with Crippen molar-refractivity contribution in [3.8, 4) is 0 Å². The van der Waals surface area contributed by atoms with E-state index >= 15 is 0 Å². The van der Waals surface area contributed by atoms with E-state index in [-0.39, 0.29) is 120 Å². The Labute approximate surface area is 171 Å². The number of hydrogen-bond acceptors (Lipinski definition) is 5. The van der Waals surface area contributed by atoms with Gasteiger partial charge in [0.05, 0.1) is 11.9 Å². The van der Waals surface area contributed by atoms with Crippen LogP contribution in [0.1, 0.15) is 20.7 Å². The third-order valence-corrected chi connectivity index (χ3v) is 1.43. The van der Waals surface area contributed by atoms with Gasteiger partial charge in [-0.15, -0.1) is 0 Å². The van der Waals surface area contributed by atoms with Crippen molar-refractivity contribution in [3.05, 3.63) is 29.3 Å². The number of carboxylic acids is 2. The van der Waals surface area contributed by atoms with Crippen LogP contribution in [0.5, 0.6) is 0 Å². The molecule has 2 N–H and O–H groups in total. The van der Waals surface area contributed by atoms with E-state index < -0.39 is 11.9 Å². The molecule has 0 fully saturated rings. The Bertz CT molecular complexity index is 349. The quantitative estimate of drug-likeness (QED) is 0.418. The van der Waals surface area contributed by atoms with Crippen molar-refractivity contribution in [1.82, 2.24) is 0 Å². The number of nitrogen functional groups attached to an aromatic ring is 1. The molecule has 1 aromatic rings. The number of benzene rings is 1. The van der Waals surface area contributed by atoms with Crippen molar-refractivity contribution in [2.24, 2.45) is 0 Å². The molecule has 0 radical (unpaired) electrons. The first kappa shape index (κ1) is 18.6. The van der Waals surface area contributed by atoms with E-state index in [0.717, 1.165) is 18.2 Å². The molecule has 0 spiro atoms. The van der Waals surface area contributed by atoms with Gasteiger partial charge in [0.2, 0.25) is 0 Å². The van der Waals surface area contributed by atoms with Crippen molar-refractivity contribution in [1.29, 1.82) is 0 Å². The van der Waals surface area contributed by atoms with Crippen LogP contribution in [0.2, 0.25) is 0 Å². The van der Waals surface area contributed by atoms with E-state index in [1.54, 1.807) is 0 Å². The maximum atomic E-state index is 10.3. The van der Waals surface area contributed by atoms with Gasteiger partial charge < -0.3 is 25.5 Å². The summed E-state index contributed by atoms with van der Waals surface area (Å²) in [4.78, 5) is 20.7. The van der Waals surface area contributed by atoms with E-state index in [4.69, 9.17) is 5.73 Å². The number of rotatable bonds is 2. The topological polar surface area (TPSA) is 106 Å². The van der Waals surface area contributed by atoms with Crippen LogP contribution in [0.15, 0.2) is 18.2 Å². The minimum atomic E-state index is -1.48. The Morgan fingerprint density at radius 1 is 0.933 bits per heavy atom. The van der Waals surface area contributed by atoms with E-state index in [2.05, 4.69) is 0 Å². The summed E-state index contributed by atoms with van der Waals surface area (Å²) in [6.07, 6.45) is 0. The molecule has 0 aliphatic heterocycles. The predicted molar refractivity (Wildman–Crippen MR) is 39.5 cm³/mol. The normalized spacial score (nSPS) is 8.27. The van der Waals surface area contributed by atoms with Crippen LogP contribution < -0.4 is 119 Å². The second-order valence-corrected chi connectivity index (χ2v) is 2.42. The van der Waals surface area contributed by atoms with E-state index in [1.165, 1.54) is 0 Å². The maximum absolute atomic E-state index is 10.3. The Hall–Kier alpha value is 1.23. The molecule has 0 unspecified atom stereocenters. The fourth-order valence-electron chi connectivity index (χ4n) is 0.887. The molecule has 0 aliphatic rings. The Kier molecular flexibility index (Phi) is 10.3. The molecule has 0 aliphatic carbocycles. The fourth-order valence-corrected chi connectivity index (χ4v) is 0.887. The molecule has 0 atom stereocenters. The molecule has 0 amide bonds. The van der Waals surface area contributed by atoms with E-state index in [1.807, 2.05) is 0 Å². The molecule has 0 heterocycles. The van der Waals surface area contributed by atoms with Gasteiger partial charge in [0.15, 0.2) is 0 Å². The zero-order chi connectivity index (χ0) is 10.0. The third kappa shape index (κ3) is 5.92. The SMILES string of the molecule is Nc1cc(C(=O)[O-])cc(C(=O)[O-])c1.[K+].[K+]. The van der Waals surface area contributed by atoms with Crippen molar-refractivity contribution in [3.63, 3.8) is 0 Å². The van der Waals surface area contributed by atoms with Gasteiger partial charge in [-0.1, -0.05) is 0 Å². The minimum absolute atomic E-state index is 0. The van der Waals surface area contributed by atoms with Gasteiger partial charge >= 0.3 is 103 Å². The van der Waals surface area contributed by atoms with Crippen molar-refractivity contribution in [2.75, 3.05) is 5.73 Å². The summed E-state index contributed by atoms with van der Waals surface area (Å²) in [7, 11) is 0. The molecule has 15 heavy (non-hydrogen) atoms. The number of carboxylic acid groups (broad SMARTS) is 2. The van der Waals surface area contributed by atoms with Crippen molar-refractivity contribution in [2.45, 2.75) is 0 Å². The van der Waals surface area contributed by atoms with Crippen LogP contribution in [0.25, 0.3) is 0 Å². The third-order valence-electron chi connectivity index (χ3n) is 1.43. The number of nitrogens with two attached hydrogens (primary N) is 1. The maximum Gasteiger partial charge on any atom is 1.00 e. The minimum Gasteiger partial charge on any atom is -0.545 e. The van der Waals surface area contributed by atoms with Gasteiger partial charge in [0, 0.05) is 5.69 Å². The molecular formula is C8H5K2NO4. The summed E-state index contributed by atoms with van der Waals surface area (Å²) in [5, 5.41) is 20.7. The average molecular weight is 257 g/mol. The van der Waals surface area contributed by atoms with Gasteiger partial charge in [-0.05, 0) is 29.3 Å². The smallest absolute Gasteiger partial charge is 0.545 e. The predicted octanol–water partition coefficient (Wildman–Crippen LogP) is -8.00. The standard InChI is InChI=1S/C8H7NO4.2K/c9-6-2-4(7(10)11)1-5(3-6)8(12)13;;/h1-3H,9H2,(H,10,11)(H,12,13);;/q;2*+1/p-2. The number of anilines is 1. The largest absolute Gasteiger partial charge is 1.00 e.